The number of fused-ring (bicyclic) bond motifs is 1. The number of alkyl halides is 3. The third kappa shape index (κ3) is 7.20. The molecule has 34 heavy (non-hydrogen) atoms. The third-order valence-corrected chi connectivity index (χ3v) is 6.13. The van der Waals surface area contributed by atoms with Crippen molar-refractivity contribution in [2.24, 2.45) is 0 Å². The van der Waals surface area contributed by atoms with Crippen molar-refractivity contribution in [3.63, 3.8) is 0 Å². The largest absolute Gasteiger partial charge is 0.573 e. The van der Waals surface area contributed by atoms with Crippen LogP contribution in [0.4, 0.5) is 23.1 Å². The Hall–Kier alpha value is -2.60. The van der Waals surface area contributed by atoms with E-state index in [0.717, 1.165) is 30.0 Å². The average molecular weight is 517 g/mol. The molecule has 1 N–H and O–H groups in total. The summed E-state index contributed by atoms with van der Waals surface area (Å²) in [5.41, 5.74) is 1.45. The Kier molecular flexibility index (Phi) is 8.95. The Balaban J connectivity index is 0.00000324. The van der Waals surface area contributed by atoms with Gasteiger partial charge in [-0.2, -0.15) is 0 Å². The van der Waals surface area contributed by atoms with Crippen molar-refractivity contribution in [1.82, 2.24) is 15.2 Å². The summed E-state index contributed by atoms with van der Waals surface area (Å²) in [5, 5.41) is 3.32. The number of carbonyl (C=O) groups is 1. The van der Waals surface area contributed by atoms with Gasteiger partial charge in [-0.3, -0.25) is 9.80 Å². The maximum atomic E-state index is 13.1. The summed E-state index contributed by atoms with van der Waals surface area (Å²) in [6.45, 7) is 4.19. The number of hydrogen-bond donors (Lipinski definition) is 1. The van der Waals surface area contributed by atoms with Crippen LogP contribution in [0.15, 0.2) is 48.5 Å². The molecule has 1 aromatic heterocycles. The first-order valence-corrected chi connectivity index (χ1v) is 11.2. The van der Waals surface area contributed by atoms with E-state index in [9.17, 15) is 18.0 Å². The number of hydrogen-bond acceptors (Lipinski definition) is 6. The quantitative estimate of drug-likeness (QED) is 0.494. The number of urea groups is 1. The van der Waals surface area contributed by atoms with E-state index in [2.05, 4.69) is 19.9 Å². The van der Waals surface area contributed by atoms with Crippen LogP contribution in [-0.2, 0) is 11.3 Å². The van der Waals surface area contributed by atoms with Crippen LogP contribution in [-0.4, -0.2) is 61.7 Å². The first-order chi connectivity index (χ1) is 15.9. The molecule has 2 heterocycles. The molecule has 0 unspecified atom stereocenters. The number of ether oxygens (including phenoxy) is 2. The van der Waals surface area contributed by atoms with E-state index in [-0.39, 0.29) is 24.2 Å². The molecular weight excluding hydrogens is 493 g/mol. The lowest BCUT2D eigenvalue weighted by Gasteiger charge is -2.29. The second kappa shape index (κ2) is 11.7. The standard InChI is InChI=1S/C22H23F3N4O3S.ClH/c23-22(24,25)32-17-6-7-18-19(14-17)33-21(27-18)29(9-8-28-10-12-31-13-11-28)20(30)26-15-16-4-2-1-3-5-16;/h1-7,14H,8-13,15H2,(H,26,30);1H. The summed E-state index contributed by atoms with van der Waals surface area (Å²) >= 11 is 1.15. The fourth-order valence-electron chi connectivity index (χ4n) is 3.42. The Bertz CT molecular complexity index is 1080. The van der Waals surface area contributed by atoms with Crippen LogP contribution < -0.4 is 15.0 Å². The smallest absolute Gasteiger partial charge is 0.406 e. The van der Waals surface area contributed by atoms with Gasteiger partial charge < -0.3 is 14.8 Å². The van der Waals surface area contributed by atoms with E-state index in [4.69, 9.17) is 4.74 Å². The molecule has 4 rings (SSSR count). The minimum atomic E-state index is -4.78. The van der Waals surface area contributed by atoms with Crippen LogP contribution in [0.3, 0.4) is 0 Å². The first kappa shape index (κ1) is 26.0. The highest BCUT2D eigenvalue weighted by molar-refractivity contribution is 7.22. The Morgan fingerprint density at radius 1 is 1.18 bits per heavy atom. The number of anilines is 1. The molecule has 2 aromatic carbocycles. The van der Waals surface area contributed by atoms with Gasteiger partial charge in [0.1, 0.15) is 5.75 Å². The fraction of sp³-hybridized carbons (Fsp3) is 0.364. The number of thiazole rings is 1. The molecule has 0 radical (unpaired) electrons. The van der Waals surface area contributed by atoms with Crippen molar-refractivity contribution in [3.8, 4) is 5.75 Å². The predicted octanol–water partition coefficient (Wildman–Crippen LogP) is 4.67. The maximum absolute atomic E-state index is 13.1. The van der Waals surface area contributed by atoms with Crippen molar-refractivity contribution >= 4 is 45.1 Å². The van der Waals surface area contributed by atoms with Gasteiger partial charge in [-0.25, -0.2) is 9.78 Å². The van der Waals surface area contributed by atoms with Crippen molar-refractivity contribution in [2.45, 2.75) is 12.9 Å². The minimum absolute atomic E-state index is 0. The van der Waals surface area contributed by atoms with Gasteiger partial charge >= 0.3 is 12.4 Å². The van der Waals surface area contributed by atoms with Gasteiger partial charge in [0, 0.05) is 38.8 Å². The number of nitrogens with one attached hydrogen (secondary N) is 1. The van der Waals surface area contributed by atoms with E-state index in [1.54, 1.807) is 0 Å². The van der Waals surface area contributed by atoms with Gasteiger partial charge in [-0.1, -0.05) is 41.7 Å². The predicted molar refractivity (Wildman–Crippen MR) is 127 cm³/mol. The number of carbonyl (C=O) groups excluding carboxylic acids is 1. The maximum Gasteiger partial charge on any atom is 0.573 e. The highest BCUT2D eigenvalue weighted by Gasteiger charge is 2.31. The van der Waals surface area contributed by atoms with Crippen LogP contribution in [0.5, 0.6) is 5.75 Å². The van der Waals surface area contributed by atoms with Crippen LogP contribution >= 0.6 is 23.7 Å². The Morgan fingerprint density at radius 3 is 2.62 bits per heavy atom. The monoisotopic (exact) mass is 516 g/mol. The van der Waals surface area contributed by atoms with E-state index in [0.29, 0.717) is 48.2 Å². The summed E-state index contributed by atoms with van der Waals surface area (Å²) in [5.74, 6) is -0.321. The number of rotatable bonds is 7. The molecule has 1 fully saturated rings. The second-order valence-electron chi connectivity index (χ2n) is 7.42. The van der Waals surface area contributed by atoms with Crippen molar-refractivity contribution in [1.29, 1.82) is 0 Å². The minimum Gasteiger partial charge on any atom is -0.406 e. The van der Waals surface area contributed by atoms with Crippen LogP contribution in [0, 0.1) is 0 Å². The normalized spacial score (nSPS) is 14.4. The van der Waals surface area contributed by atoms with Crippen molar-refractivity contribution < 1.29 is 27.4 Å². The number of halogens is 4. The zero-order valence-electron chi connectivity index (χ0n) is 18.1. The summed E-state index contributed by atoms with van der Waals surface area (Å²) in [6.07, 6.45) is -4.78. The van der Waals surface area contributed by atoms with Crippen molar-refractivity contribution in [3.05, 3.63) is 54.1 Å². The summed E-state index contributed by atoms with van der Waals surface area (Å²) in [6, 6.07) is 13.2. The van der Waals surface area contributed by atoms with Crippen LogP contribution in [0.2, 0.25) is 0 Å². The summed E-state index contributed by atoms with van der Waals surface area (Å²) in [4.78, 5) is 21.3. The van der Waals surface area contributed by atoms with E-state index < -0.39 is 6.36 Å². The molecule has 0 atom stereocenters. The lowest BCUT2D eigenvalue weighted by Crippen LogP contribution is -2.46. The summed E-state index contributed by atoms with van der Waals surface area (Å²) in [7, 11) is 0. The Labute approximate surface area is 204 Å². The molecular formula is C22H24ClF3N4O3S. The Morgan fingerprint density at radius 2 is 1.91 bits per heavy atom. The van der Waals surface area contributed by atoms with Gasteiger partial charge in [-0.05, 0) is 17.7 Å². The molecule has 184 valence electrons. The number of benzene rings is 2. The topological polar surface area (TPSA) is 66.9 Å². The summed E-state index contributed by atoms with van der Waals surface area (Å²) < 4.78 is 47.6. The number of amides is 2. The van der Waals surface area contributed by atoms with Gasteiger partial charge in [0.05, 0.1) is 23.4 Å². The second-order valence-corrected chi connectivity index (χ2v) is 8.43. The van der Waals surface area contributed by atoms with Gasteiger partial charge in [0.25, 0.3) is 0 Å². The fourth-order valence-corrected chi connectivity index (χ4v) is 4.44. The molecule has 0 bridgehead atoms. The van der Waals surface area contributed by atoms with Gasteiger partial charge in [0.15, 0.2) is 5.13 Å². The molecule has 12 heteroatoms. The zero-order chi connectivity index (χ0) is 23.3. The number of morpholine rings is 1. The van der Waals surface area contributed by atoms with Crippen LogP contribution in [0.25, 0.3) is 10.2 Å². The molecule has 0 saturated carbocycles. The van der Waals surface area contributed by atoms with Crippen LogP contribution in [0.1, 0.15) is 5.56 Å². The highest BCUT2D eigenvalue weighted by Crippen LogP contribution is 2.33. The third-order valence-electron chi connectivity index (χ3n) is 5.09. The molecule has 1 saturated heterocycles. The zero-order valence-corrected chi connectivity index (χ0v) is 19.7. The number of aromatic nitrogens is 1. The van der Waals surface area contributed by atoms with Gasteiger partial charge in [-0.15, -0.1) is 25.6 Å². The molecule has 0 aliphatic carbocycles. The van der Waals surface area contributed by atoms with E-state index in [1.165, 1.54) is 23.1 Å². The molecule has 0 spiro atoms. The van der Waals surface area contributed by atoms with Crippen molar-refractivity contribution in [2.75, 3.05) is 44.3 Å². The SMILES string of the molecule is Cl.O=C(NCc1ccccc1)N(CCN1CCOCC1)c1nc2ccc(OC(F)(F)F)cc2s1. The number of nitrogens with zero attached hydrogens (tertiary/aromatic N) is 3. The molecule has 1 aliphatic heterocycles. The van der Waals surface area contributed by atoms with Gasteiger partial charge in [0.2, 0.25) is 0 Å². The molecule has 2 amide bonds. The molecule has 1 aliphatic rings. The lowest BCUT2D eigenvalue weighted by atomic mass is 10.2. The van der Waals surface area contributed by atoms with E-state index in [1.807, 2.05) is 30.3 Å². The average Bonchev–Trinajstić information content (AvgIpc) is 3.21. The van der Waals surface area contributed by atoms with E-state index >= 15 is 0 Å². The molecule has 3 aromatic rings. The lowest BCUT2D eigenvalue weighted by molar-refractivity contribution is -0.274. The highest BCUT2D eigenvalue weighted by atomic mass is 35.5. The molecule has 7 nitrogen and oxygen atoms in total. The first-order valence-electron chi connectivity index (χ1n) is 10.4.